The van der Waals surface area contributed by atoms with Crippen LogP contribution in [-0.2, 0) is 0 Å². The highest BCUT2D eigenvalue weighted by molar-refractivity contribution is 6.34. The molecule has 0 aromatic heterocycles. The van der Waals surface area contributed by atoms with E-state index in [1.165, 1.54) is 0 Å². The molecule has 0 saturated heterocycles. The van der Waals surface area contributed by atoms with Crippen LogP contribution in [0, 0.1) is 0 Å². The molecule has 1 aromatic carbocycles. The zero-order valence-electron chi connectivity index (χ0n) is 9.49. The lowest BCUT2D eigenvalue weighted by molar-refractivity contribution is 0.130. The number of halogens is 1. The first-order valence-corrected chi connectivity index (χ1v) is 5.18. The summed E-state index contributed by atoms with van der Waals surface area (Å²) in [5, 5.41) is 12.0. The number of benzene rings is 1. The summed E-state index contributed by atoms with van der Waals surface area (Å²) in [5.74, 6) is 0.431. The van der Waals surface area contributed by atoms with Crippen molar-refractivity contribution in [3.63, 3.8) is 0 Å². The summed E-state index contributed by atoms with van der Waals surface area (Å²) >= 11 is 5.98. The third kappa shape index (κ3) is 3.03. The number of rotatable bonds is 2. The minimum atomic E-state index is -0.380. The summed E-state index contributed by atoms with van der Waals surface area (Å²) in [5.41, 5.74) is 5.57. The van der Waals surface area contributed by atoms with Gasteiger partial charge in [-0.1, -0.05) is 22.8 Å². The average Bonchev–Trinajstić information content (AvgIpc) is 2.14. The molecule has 16 heavy (non-hydrogen) atoms. The Balaban J connectivity index is 3.24. The highest BCUT2D eigenvalue weighted by Gasteiger charge is 2.18. The van der Waals surface area contributed by atoms with Crippen molar-refractivity contribution in [1.29, 1.82) is 0 Å². The Labute approximate surface area is 99.7 Å². The molecular weight excluding hydrogens is 228 g/mol. The molecule has 88 valence electrons. The monoisotopic (exact) mass is 242 g/mol. The van der Waals surface area contributed by atoms with Crippen molar-refractivity contribution in [3.05, 3.63) is 28.8 Å². The topological polar surface area (TPSA) is 67.8 Å². The smallest absolute Gasteiger partial charge is 0.175 e. The molecule has 0 heterocycles. The van der Waals surface area contributed by atoms with Gasteiger partial charge < -0.3 is 15.7 Å². The predicted octanol–water partition coefficient (Wildman–Crippen LogP) is 2.61. The van der Waals surface area contributed by atoms with Crippen LogP contribution in [0.15, 0.2) is 23.4 Å². The highest BCUT2D eigenvalue weighted by atomic mass is 35.5. The van der Waals surface area contributed by atoms with E-state index in [0.29, 0.717) is 16.3 Å². The van der Waals surface area contributed by atoms with Crippen molar-refractivity contribution in [2.24, 2.45) is 10.9 Å². The molecule has 0 unspecified atom stereocenters. The SMILES string of the molecule is CC(C)(C)Oc1cccc(Cl)c1C(N)=NO. The Bertz CT molecular complexity index is 411. The molecule has 0 aliphatic rings. The molecule has 0 spiro atoms. The van der Waals surface area contributed by atoms with E-state index < -0.39 is 0 Å². The zero-order chi connectivity index (χ0) is 12.3. The van der Waals surface area contributed by atoms with Gasteiger partial charge in [0, 0.05) is 0 Å². The number of amidine groups is 1. The standard InChI is InChI=1S/C11H15ClN2O2/c1-11(2,3)16-8-6-4-5-7(12)9(8)10(13)14-15/h4-6,15H,1-3H3,(H2,13,14). The lowest BCUT2D eigenvalue weighted by Crippen LogP contribution is -2.25. The normalized spacial score (nSPS) is 12.6. The van der Waals surface area contributed by atoms with Gasteiger partial charge in [0.1, 0.15) is 11.4 Å². The minimum absolute atomic E-state index is 0.0650. The summed E-state index contributed by atoms with van der Waals surface area (Å²) < 4.78 is 5.68. The summed E-state index contributed by atoms with van der Waals surface area (Å²) in [6, 6.07) is 5.13. The minimum Gasteiger partial charge on any atom is -0.487 e. The molecule has 5 heteroatoms. The largest absolute Gasteiger partial charge is 0.487 e. The van der Waals surface area contributed by atoms with Crippen molar-refractivity contribution in [2.75, 3.05) is 0 Å². The van der Waals surface area contributed by atoms with Gasteiger partial charge in [0.25, 0.3) is 0 Å². The van der Waals surface area contributed by atoms with E-state index in [1.54, 1.807) is 18.2 Å². The fourth-order valence-electron chi connectivity index (χ4n) is 1.22. The van der Waals surface area contributed by atoms with E-state index in [2.05, 4.69) is 5.16 Å². The summed E-state index contributed by atoms with van der Waals surface area (Å²) in [7, 11) is 0. The van der Waals surface area contributed by atoms with Gasteiger partial charge in [0.2, 0.25) is 0 Å². The molecule has 1 rings (SSSR count). The highest BCUT2D eigenvalue weighted by Crippen LogP contribution is 2.28. The van der Waals surface area contributed by atoms with Crippen LogP contribution >= 0.6 is 11.6 Å². The molecule has 0 fully saturated rings. The summed E-state index contributed by atoms with van der Waals surface area (Å²) in [6.45, 7) is 5.72. The number of nitrogens with zero attached hydrogens (tertiary/aromatic N) is 1. The van der Waals surface area contributed by atoms with Gasteiger partial charge in [-0.3, -0.25) is 0 Å². The Morgan fingerprint density at radius 3 is 2.56 bits per heavy atom. The predicted molar refractivity (Wildman–Crippen MR) is 64.3 cm³/mol. The van der Waals surface area contributed by atoms with Gasteiger partial charge in [-0.15, -0.1) is 0 Å². The van der Waals surface area contributed by atoms with Crippen LogP contribution in [0.2, 0.25) is 5.02 Å². The van der Waals surface area contributed by atoms with Crippen LogP contribution in [0.4, 0.5) is 0 Å². The van der Waals surface area contributed by atoms with E-state index in [9.17, 15) is 0 Å². The van der Waals surface area contributed by atoms with Crippen LogP contribution in [0.1, 0.15) is 26.3 Å². The molecular formula is C11H15ClN2O2. The second-order valence-electron chi connectivity index (χ2n) is 4.31. The Hall–Kier alpha value is -1.42. The molecule has 0 atom stereocenters. The van der Waals surface area contributed by atoms with E-state index in [1.807, 2.05) is 20.8 Å². The van der Waals surface area contributed by atoms with Gasteiger partial charge in [0.15, 0.2) is 5.84 Å². The number of hydrogen-bond acceptors (Lipinski definition) is 3. The maximum Gasteiger partial charge on any atom is 0.175 e. The van der Waals surface area contributed by atoms with Crippen molar-refractivity contribution >= 4 is 17.4 Å². The second-order valence-corrected chi connectivity index (χ2v) is 4.72. The third-order valence-electron chi connectivity index (χ3n) is 1.76. The molecule has 4 nitrogen and oxygen atoms in total. The average molecular weight is 243 g/mol. The van der Waals surface area contributed by atoms with Crippen LogP contribution in [0.3, 0.4) is 0 Å². The van der Waals surface area contributed by atoms with Gasteiger partial charge >= 0.3 is 0 Å². The zero-order valence-corrected chi connectivity index (χ0v) is 10.2. The van der Waals surface area contributed by atoms with E-state index in [-0.39, 0.29) is 11.4 Å². The summed E-state index contributed by atoms with van der Waals surface area (Å²) in [6.07, 6.45) is 0. The van der Waals surface area contributed by atoms with Gasteiger partial charge in [-0.25, -0.2) is 0 Å². The second kappa shape index (κ2) is 4.61. The van der Waals surface area contributed by atoms with Crippen molar-refractivity contribution in [2.45, 2.75) is 26.4 Å². The van der Waals surface area contributed by atoms with E-state index >= 15 is 0 Å². The van der Waals surface area contributed by atoms with Crippen molar-refractivity contribution < 1.29 is 9.94 Å². The molecule has 0 aliphatic heterocycles. The molecule has 0 amide bonds. The maximum absolute atomic E-state index is 8.68. The van der Waals surface area contributed by atoms with E-state index in [0.717, 1.165) is 0 Å². The van der Waals surface area contributed by atoms with Crippen molar-refractivity contribution in [3.8, 4) is 5.75 Å². The summed E-state index contributed by atoms with van der Waals surface area (Å²) in [4.78, 5) is 0. The van der Waals surface area contributed by atoms with Gasteiger partial charge in [-0.05, 0) is 32.9 Å². The van der Waals surface area contributed by atoms with Gasteiger partial charge in [-0.2, -0.15) is 0 Å². The first-order chi connectivity index (χ1) is 7.35. The molecule has 0 bridgehead atoms. The Kier molecular flexibility index (Phi) is 3.65. The molecule has 0 saturated carbocycles. The van der Waals surface area contributed by atoms with Crippen molar-refractivity contribution in [1.82, 2.24) is 0 Å². The van der Waals surface area contributed by atoms with Crippen LogP contribution in [0.25, 0.3) is 0 Å². The lowest BCUT2D eigenvalue weighted by atomic mass is 10.1. The first kappa shape index (κ1) is 12.6. The lowest BCUT2D eigenvalue weighted by Gasteiger charge is -2.23. The maximum atomic E-state index is 8.68. The molecule has 0 aliphatic carbocycles. The number of nitrogens with two attached hydrogens (primary N) is 1. The van der Waals surface area contributed by atoms with Gasteiger partial charge in [0.05, 0.1) is 10.6 Å². The Morgan fingerprint density at radius 1 is 1.44 bits per heavy atom. The number of ether oxygens (including phenoxy) is 1. The molecule has 1 aromatic rings. The van der Waals surface area contributed by atoms with Crippen LogP contribution in [-0.4, -0.2) is 16.6 Å². The number of oxime groups is 1. The fraction of sp³-hybridized carbons (Fsp3) is 0.364. The third-order valence-corrected chi connectivity index (χ3v) is 2.07. The van der Waals surface area contributed by atoms with E-state index in [4.69, 9.17) is 27.3 Å². The Morgan fingerprint density at radius 2 is 2.06 bits per heavy atom. The molecule has 3 N–H and O–H groups in total. The molecule has 0 radical (unpaired) electrons. The van der Waals surface area contributed by atoms with Crippen LogP contribution < -0.4 is 10.5 Å². The number of hydrogen-bond donors (Lipinski definition) is 2. The van der Waals surface area contributed by atoms with Crippen LogP contribution in [0.5, 0.6) is 5.75 Å². The quantitative estimate of drug-likeness (QED) is 0.363. The fourth-order valence-corrected chi connectivity index (χ4v) is 1.48. The first-order valence-electron chi connectivity index (χ1n) is 4.80.